The van der Waals surface area contributed by atoms with Crippen LogP contribution in [0, 0.1) is 180 Å². The zero-order chi connectivity index (χ0) is 90.3. The molecule has 0 spiro atoms. The molecule has 5 fully saturated rings. The first-order valence-corrected chi connectivity index (χ1v) is 46.9. The molecule has 682 valence electrons. The molecule has 10 N–H and O–H groups in total. The third kappa shape index (κ3) is 35.6. The van der Waals surface area contributed by atoms with Gasteiger partial charge in [0.15, 0.2) is 5.82 Å². The number of carbonyl (C=O) groups excluding carboxylic acids is 2. The second-order valence-electron chi connectivity index (χ2n) is 35.7. The number of H-pyrrole nitrogens is 5. The molecule has 2 atom stereocenters. The fraction of sp³-hybridized carbons (Fsp3) is 0.373. The minimum absolute atomic E-state index is 0. The van der Waals surface area contributed by atoms with Crippen LogP contribution in [0.25, 0.3) is 61.2 Å². The Morgan fingerprint density at radius 1 is 0.391 bits per heavy atom. The van der Waals surface area contributed by atoms with E-state index < -0.39 is 6.10 Å². The largest absolute Gasteiger partial charge is 1.00 e. The molecule has 6 radical (unpaired) electrons. The zero-order valence-corrected chi connectivity index (χ0v) is 95.1. The molecule has 0 saturated heterocycles. The minimum Gasteiger partial charge on any atom is -0.715 e. The van der Waals surface area contributed by atoms with Crippen molar-refractivity contribution in [3.8, 4) is 0 Å². The van der Waals surface area contributed by atoms with E-state index in [1.807, 2.05) is 105 Å². The molecular formula is C110H133Ac3BN12NaO6. The van der Waals surface area contributed by atoms with Crippen LogP contribution in [-0.4, -0.2) is 123 Å². The van der Waals surface area contributed by atoms with Crippen LogP contribution in [0.5, 0.6) is 0 Å². The predicted octanol–water partition coefficient (Wildman–Crippen LogP) is 21.1. The van der Waals surface area contributed by atoms with Gasteiger partial charge in [-0.15, -0.1) is 0 Å². The van der Waals surface area contributed by atoms with E-state index in [0.29, 0.717) is 35.4 Å². The number of nitrogens with one attached hydrogen (secondary N) is 6. The van der Waals surface area contributed by atoms with Crippen molar-refractivity contribution in [2.24, 2.45) is 47.3 Å². The summed E-state index contributed by atoms with van der Waals surface area (Å²) in [6, 6.07) is 94.7. The second-order valence-corrected chi connectivity index (χ2v) is 35.7. The topological polar surface area (TPSA) is 274 Å². The second kappa shape index (κ2) is 61.3. The molecule has 0 aliphatic heterocycles. The summed E-state index contributed by atoms with van der Waals surface area (Å²) < 4.78 is 0. The van der Waals surface area contributed by atoms with Gasteiger partial charge in [-0.05, 0) is 312 Å². The van der Waals surface area contributed by atoms with Crippen molar-refractivity contribution in [3.63, 3.8) is 0 Å². The number of ketones is 2. The number of aryl methyl sites for hydroxylation is 1. The van der Waals surface area contributed by atoms with Crippen molar-refractivity contribution >= 4 is 80.9 Å². The molecule has 18 nitrogen and oxygen atoms in total. The first kappa shape index (κ1) is 112. The number of aliphatic hydroxyl groups is 1. The molecular weight excluding hydrogens is 2300 g/mol. The van der Waals surface area contributed by atoms with Gasteiger partial charge in [-0.25, -0.2) is 24.9 Å². The number of aromatic nitrogens is 10. The van der Waals surface area contributed by atoms with Crippen LogP contribution in [0.1, 0.15) is 209 Å². The Hall–Kier alpha value is -6.22. The molecule has 5 aromatic heterocycles. The maximum absolute atomic E-state index is 12.7. The van der Waals surface area contributed by atoms with Crippen molar-refractivity contribution in [2.75, 3.05) is 28.2 Å². The van der Waals surface area contributed by atoms with Crippen molar-refractivity contribution in [1.29, 1.82) is 0 Å². The quantitative estimate of drug-likeness (QED) is 0.0156. The van der Waals surface area contributed by atoms with Gasteiger partial charge < -0.3 is 48.4 Å². The normalized spacial score (nSPS) is 18.4. The van der Waals surface area contributed by atoms with E-state index in [1.54, 1.807) is 0 Å². The molecule has 5 heterocycles. The number of aromatic amines is 5. The number of para-hydroxylation sites is 10. The average Bonchev–Trinajstić information content (AvgIpc) is 1.75. The fourth-order valence-electron chi connectivity index (χ4n) is 19.4. The first-order valence-electron chi connectivity index (χ1n) is 46.9. The molecule has 5 saturated carbocycles. The summed E-state index contributed by atoms with van der Waals surface area (Å²) in [4.78, 5) is 65.8. The van der Waals surface area contributed by atoms with Gasteiger partial charge in [-0.1, -0.05) is 225 Å². The molecule has 0 amide bonds. The number of nitrogens with zero attached hydrogens (tertiary/aromatic N) is 6. The Morgan fingerprint density at radius 3 is 1.05 bits per heavy atom. The van der Waals surface area contributed by atoms with Gasteiger partial charge in [0.05, 0.1) is 61.2 Å². The van der Waals surface area contributed by atoms with Gasteiger partial charge in [0.2, 0.25) is 5.78 Å². The predicted molar refractivity (Wildman–Crippen MR) is 528 cm³/mol. The van der Waals surface area contributed by atoms with Crippen LogP contribution in [-0.2, 0) is 43.3 Å². The van der Waals surface area contributed by atoms with Gasteiger partial charge in [0.25, 0.3) is 0 Å². The van der Waals surface area contributed by atoms with Gasteiger partial charge in [-0.2, -0.15) is 0 Å². The number of imidazole rings is 5. The number of hydrogen-bond acceptors (Lipinski definition) is 13. The Kier molecular flexibility index (Phi) is 51.6. The van der Waals surface area contributed by atoms with Gasteiger partial charge >= 0.3 is 29.6 Å². The van der Waals surface area contributed by atoms with Crippen LogP contribution in [0.2, 0.25) is 0 Å². The fourth-order valence-corrected chi connectivity index (χ4v) is 19.4. The monoisotopic (exact) mass is 2430 g/mol. The molecule has 10 aromatic carbocycles. The van der Waals surface area contributed by atoms with E-state index in [9.17, 15) is 14.7 Å². The number of fused-ring (bicyclic) bond motifs is 5. The Labute approximate surface area is 918 Å². The summed E-state index contributed by atoms with van der Waals surface area (Å²) in [6.07, 6.45) is 31.4. The number of carbonyl (C=O) groups is 2. The zero-order valence-electron chi connectivity index (χ0n) is 78.8. The van der Waals surface area contributed by atoms with Crippen molar-refractivity contribution in [1.82, 2.24) is 60.1 Å². The number of benzene rings is 10. The SMILES string of the molecule is C(=C1CCC(Cc2ccccc2)CC1)c1nc2ccccc2[nH]1.CCc1nc2ccccc2[nH]1.CN(C)C(c1nc2ccccc2[nH]1)C1CCC(Cc2ccccc2)CC1.CNC.O=C(c1nc2ccccc2[nH]1)C1CCC(Cc2ccccc2)CC1.O=C1CCC(Cc2ccccc2)CC1.OC(c1nc2ccccc2[nH]1)C1CCC(Cc2ccccc2)CC1.OO.[Ac].[Ac].[Ac].[B-]O.[Na+]. The van der Waals surface area contributed by atoms with E-state index in [1.165, 1.54) is 110 Å². The van der Waals surface area contributed by atoms with Crippen LogP contribution in [0.15, 0.2) is 279 Å². The number of rotatable bonds is 19. The van der Waals surface area contributed by atoms with E-state index >= 15 is 0 Å². The van der Waals surface area contributed by atoms with Crippen LogP contribution >= 0.6 is 0 Å². The van der Waals surface area contributed by atoms with Gasteiger partial charge in [0.1, 0.15) is 35.2 Å². The van der Waals surface area contributed by atoms with Gasteiger partial charge in [-0.3, -0.25) is 25.0 Å². The third-order valence-corrected chi connectivity index (χ3v) is 26.2. The van der Waals surface area contributed by atoms with E-state index in [2.05, 4.69) is 272 Å². The van der Waals surface area contributed by atoms with Crippen LogP contribution in [0.4, 0.5) is 0 Å². The molecule has 5 aliphatic carbocycles. The molecule has 5 aliphatic rings. The number of aliphatic hydroxyl groups excluding tert-OH is 1. The van der Waals surface area contributed by atoms with Gasteiger partial charge in [0, 0.05) is 157 Å². The van der Waals surface area contributed by atoms with Crippen molar-refractivity contribution in [2.45, 2.75) is 186 Å². The average molecular weight is 2430 g/mol. The van der Waals surface area contributed by atoms with E-state index in [0.717, 1.165) is 192 Å². The van der Waals surface area contributed by atoms with Crippen LogP contribution < -0.4 is 34.9 Å². The maximum Gasteiger partial charge on any atom is 1.00 e. The summed E-state index contributed by atoms with van der Waals surface area (Å²) in [6.45, 7) is 2.09. The van der Waals surface area contributed by atoms with E-state index in [4.69, 9.17) is 20.5 Å². The number of allylic oxidation sites excluding steroid dienone is 1. The van der Waals surface area contributed by atoms with Crippen molar-refractivity contribution in [3.05, 3.63) is 335 Å². The van der Waals surface area contributed by atoms with Crippen LogP contribution in [0.3, 0.4) is 0 Å². The molecule has 2 unspecified atom stereocenters. The summed E-state index contributed by atoms with van der Waals surface area (Å²) in [5.74, 6) is 10.0. The molecule has 23 heteroatoms. The Bertz CT molecular complexity index is 5600. The summed E-state index contributed by atoms with van der Waals surface area (Å²) in [7, 11) is 11.6. The summed E-state index contributed by atoms with van der Waals surface area (Å²) in [5, 5.41) is 32.0. The molecule has 15 aromatic rings. The Balaban J connectivity index is 0.000000196. The number of hydrogen-bond donors (Lipinski definition) is 10. The standard InChI is InChI=1S/C23H29N3.C21H24N2O.C21H22N2O.C21H22N2.C13H16O.C9H10N2.C2H7N.3Ac.BHO.Na.H2O2/c1-26(2)22(23-24-20-10-6-7-11-21(20)25-23)19-14-12-18(13-15-19)16-17-8-4-3-5-9-17;2*24-20(21-22-18-8-4-5-9-19(18)23-21)17-12-10-16(11-13-17)14-15-6-2-1-3-7-15;1-2-6-16(7-3-1)14-17-10-12-18(13-11-17)15-21-22-19-8-4-5-9-20(19)23-21;14-13-8-6-12(7-9-13)10-11-4-2-1-3-5-11;1-2-9-10-7-5-3-4-6-8(7)11-9;1-3-2;;;;1-2;;1-2/h3-11,18-19,22H,12-16H2,1-2H3,(H,24,25);1-9,16-17,20,24H,10-14H2,(H,22,23);1-9,16-17H,10-14H2,(H,22,23);1-9,15,17H,10-14H2,(H,22,23);1-5,12H,6-10H2;3-6H,2H2,1H3,(H,10,11);3H,1-2H3;;;;2H;;1-2H/q;;;;;;;;;;-1;+1;. The Morgan fingerprint density at radius 2 is 0.692 bits per heavy atom. The maximum atomic E-state index is 12.7. The van der Waals surface area contributed by atoms with Crippen molar-refractivity contribution < 1.29 is 192 Å². The number of Topliss-reactive ketones (excluding diaryl/α,β-unsaturated/α-hetero) is 2. The minimum atomic E-state index is -0.477. The smallest absolute Gasteiger partial charge is 0.715 e. The first-order chi connectivity index (χ1) is 63.3. The molecule has 0 bridgehead atoms. The molecule has 20 rings (SSSR count). The third-order valence-electron chi connectivity index (χ3n) is 26.2. The summed E-state index contributed by atoms with van der Waals surface area (Å²) in [5.41, 5.74) is 19.1. The van der Waals surface area contributed by atoms with E-state index in [-0.39, 0.29) is 173 Å². The summed E-state index contributed by atoms with van der Waals surface area (Å²) >= 11 is 0. The molecule has 133 heavy (non-hydrogen) atoms.